The molecule has 2 N–H and O–H groups in total. The number of hydrogen-bond donors (Lipinski definition) is 1. The molecule has 0 amide bonds. The van der Waals surface area contributed by atoms with Crippen LogP contribution in [0, 0.1) is 0 Å². The molecule has 0 atom stereocenters. The molecule has 0 saturated heterocycles. The summed E-state index contributed by atoms with van der Waals surface area (Å²) in [7, 11) is 1.29. The van der Waals surface area contributed by atoms with E-state index in [9.17, 15) is 8.42 Å². The Morgan fingerprint density at radius 3 is 1.90 bits per heavy atom. The Kier molecular flexibility index (Phi) is 5.94. The van der Waals surface area contributed by atoms with Crippen LogP contribution in [0.15, 0.2) is 0 Å². The number of halogens is 2. The Morgan fingerprint density at radius 1 is 1.05 bits per heavy atom. The molecule has 7 nitrogen and oxygen atoms in total. The lowest BCUT2D eigenvalue weighted by atomic mass is 10.1. The second-order valence-electron chi connectivity index (χ2n) is 4.03. The van der Waals surface area contributed by atoms with Gasteiger partial charge in [0.25, 0.3) is 0 Å². The third-order valence-electron chi connectivity index (χ3n) is 2.59. The van der Waals surface area contributed by atoms with E-state index in [1.807, 2.05) is 0 Å². The van der Waals surface area contributed by atoms with Gasteiger partial charge in [-0.25, -0.2) is 0 Å². The Labute approximate surface area is 133 Å². The molecule has 0 fully saturated rings. The van der Waals surface area contributed by atoms with Crippen molar-refractivity contribution in [3.8, 4) is 17.2 Å². The Balaban J connectivity index is 3.64. The maximum Gasteiger partial charge on any atom is 0.384 e. The van der Waals surface area contributed by atoms with E-state index in [0.717, 1.165) is 4.31 Å². The van der Waals surface area contributed by atoms with E-state index in [2.05, 4.69) is 0 Å². The highest BCUT2D eigenvalue weighted by Gasteiger charge is 2.28. The smallest absolute Gasteiger partial charge is 0.384 e. The van der Waals surface area contributed by atoms with Crippen LogP contribution in [0.4, 0.5) is 0 Å². The number of nitrogens with zero attached hydrogens (tertiary/aromatic N) is 1. The van der Waals surface area contributed by atoms with E-state index in [0.29, 0.717) is 0 Å². The number of benzene rings is 1. The average Bonchev–Trinajstić information content (AvgIpc) is 2.41. The molecule has 0 saturated carbocycles. The highest BCUT2D eigenvalue weighted by molar-refractivity contribution is 7.84. The van der Waals surface area contributed by atoms with Crippen LogP contribution in [-0.2, 0) is 16.8 Å². The summed E-state index contributed by atoms with van der Waals surface area (Å²) in [5.74, 6) is 0.00618. The zero-order valence-corrected chi connectivity index (χ0v) is 14.3. The zero-order chi connectivity index (χ0) is 16.4. The monoisotopic (exact) mass is 358 g/mol. The van der Waals surface area contributed by atoms with Crippen molar-refractivity contribution in [1.29, 1.82) is 0 Å². The van der Waals surface area contributed by atoms with E-state index < -0.39 is 10.3 Å². The number of ether oxygens (including phenoxy) is 2. The molecule has 0 radical (unpaired) electrons. The first kappa shape index (κ1) is 18.1. The molecule has 1 aromatic rings. The lowest BCUT2D eigenvalue weighted by Gasteiger charge is -2.20. The predicted octanol–water partition coefficient (Wildman–Crippen LogP) is 1.65. The summed E-state index contributed by atoms with van der Waals surface area (Å²) in [6.45, 7) is -0.0924. The highest BCUT2D eigenvalue weighted by Crippen LogP contribution is 2.49. The first-order chi connectivity index (χ1) is 9.71. The van der Waals surface area contributed by atoms with E-state index in [4.69, 9.17) is 42.6 Å². The van der Waals surface area contributed by atoms with Crippen molar-refractivity contribution >= 4 is 33.5 Å². The van der Waals surface area contributed by atoms with Gasteiger partial charge in [0.2, 0.25) is 0 Å². The van der Waals surface area contributed by atoms with Crippen molar-refractivity contribution in [2.24, 2.45) is 5.73 Å². The molecule has 0 aromatic heterocycles. The molecule has 1 rings (SSSR count). The molecule has 0 aliphatic heterocycles. The number of methoxy groups -OCH3 is 2. The second-order valence-corrected chi connectivity index (χ2v) is 6.54. The molecule has 120 valence electrons. The third kappa shape index (κ3) is 3.46. The second kappa shape index (κ2) is 6.89. The van der Waals surface area contributed by atoms with Gasteiger partial charge < -0.3 is 19.4 Å². The van der Waals surface area contributed by atoms with Crippen LogP contribution >= 0.6 is 23.2 Å². The largest absolute Gasteiger partial charge is 0.495 e. The molecule has 1 aromatic carbocycles. The van der Waals surface area contributed by atoms with Gasteiger partial charge in [-0.3, -0.25) is 0 Å². The minimum absolute atomic E-state index is 0.0383. The normalized spacial score (nSPS) is 11.6. The molecule has 0 aliphatic carbocycles. The quantitative estimate of drug-likeness (QED) is 0.831. The van der Waals surface area contributed by atoms with Gasteiger partial charge in [-0.1, -0.05) is 23.2 Å². The topological polar surface area (TPSA) is 91.1 Å². The van der Waals surface area contributed by atoms with Gasteiger partial charge in [0.15, 0.2) is 11.5 Å². The minimum atomic E-state index is -4.03. The first-order valence-corrected chi connectivity index (χ1v) is 7.77. The summed E-state index contributed by atoms with van der Waals surface area (Å²) in [6.07, 6.45) is 0. The molecular weight excluding hydrogens is 343 g/mol. The minimum Gasteiger partial charge on any atom is -0.495 e. The van der Waals surface area contributed by atoms with Gasteiger partial charge >= 0.3 is 10.3 Å². The molecule has 0 heterocycles. The van der Waals surface area contributed by atoms with Gasteiger partial charge in [0, 0.05) is 20.6 Å². The van der Waals surface area contributed by atoms with Crippen molar-refractivity contribution in [2.45, 2.75) is 6.54 Å². The molecule has 0 unspecified atom stereocenters. The highest BCUT2D eigenvalue weighted by atomic mass is 35.5. The van der Waals surface area contributed by atoms with Gasteiger partial charge in [0.1, 0.15) is 15.8 Å². The average molecular weight is 359 g/mol. The maximum atomic E-state index is 11.9. The summed E-state index contributed by atoms with van der Waals surface area (Å²) in [4.78, 5) is 0. The molecule has 21 heavy (non-hydrogen) atoms. The lowest BCUT2D eigenvalue weighted by Crippen LogP contribution is -2.27. The number of nitrogens with two attached hydrogens (primary N) is 1. The molecule has 10 heteroatoms. The van der Waals surface area contributed by atoms with Crippen LogP contribution in [-0.4, -0.2) is 41.0 Å². The fourth-order valence-electron chi connectivity index (χ4n) is 1.51. The summed E-state index contributed by atoms with van der Waals surface area (Å²) in [6, 6.07) is 0. The van der Waals surface area contributed by atoms with Crippen LogP contribution < -0.4 is 19.4 Å². The zero-order valence-electron chi connectivity index (χ0n) is 11.9. The Hall–Kier alpha value is -0.930. The molecular formula is C11H16Cl2N2O5S. The van der Waals surface area contributed by atoms with E-state index in [-0.39, 0.29) is 39.4 Å². The van der Waals surface area contributed by atoms with Gasteiger partial charge in [-0.2, -0.15) is 12.7 Å². The summed E-state index contributed by atoms with van der Waals surface area (Å²) in [5, 5.41) is -0.0192. The van der Waals surface area contributed by atoms with Crippen molar-refractivity contribution in [2.75, 3.05) is 28.3 Å². The molecule has 0 bridgehead atoms. The van der Waals surface area contributed by atoms with Crippen molar-refractivity contribution in [1.82, 2.24) is 4.31 Å². The van der Waals surface area contributed by atoms with Gasteiger partial charge in [-0.15, -0.1) is 0 Å². The fourth-order valence-corrected chi connectivity index (χ4v) is 2.84. The Morgan fingerprint density at radius 2 is 1.52 bits per heavy atom. The summed E-state index contributed by atoms with van der Waals surface area (Å²) >= 11 is 12.2. The van der Waals surface area contributed by atoms with Crippen LogP contribution in [0.2, 0.25) is 10.0 Å². The van der Waals surface area contributed by atoms with E-state index in [1.165, 1.54) is 28.3 Å². The van der Waals surface area contributed by atoms with Gasteiger partial charge in [0.05, 0.1) is 19.8 Å². The standard InChI is InChI=1S/C11H16Cl2N2O5S/c1-15(2)21(16,17)20-10-6(5-14)9(18-3)7(12)11(19-4)8(10)13/h5,14H2,1-4H3. The predicted molar refractivity (Wildman–Crippen MR) is 80.7 cm³/mol. The SMILES string of the molecule is COc1c(Cl)c(OC)c(CN)c(OS(=O)(=O)N(C)C)c1Cl. The number of rotatable bonds is 6. The van der Waals surface area contributed by atoms with Crippen LogP contribution in [0.3, 0.4) is 0 Å². The fraction of sp³-hybridized carbons (Fsp3) is 0.455. The van der Waals surface area contributed by atoms with E-state index >= 15 is 0 Å². The Bertz CT molecular complexity index is 634. The van der Waals surface area contributed by atoms with Crippen molar-refractivity contribution in [3.05, 3.63) is 15.6 Å². The molecule has 0 spiro atoms. The maximum absolute atomic E-state index is 11.9. The molecule has 0 aliphatic rings. The third-order valence-corrected chi connectivity index (χ3v) is 4.55. The number of hydrogen-bond acceptors (Lipinski definition) is 6. The summed E-state index contributed by atoms with van der Waals surface area (Å²) < 4.78 is 39.9. The van der Waals surface area contributed by atoms with Crippen molar-refractivity contribution < 1.29 is 22.1 Å². The van der Waals surface area contributed by atoms with Crippen molar-refractivity contribution in [3.63, 3.8) is 0 Å². The van der Waals surface area contributed by atoms with E-state index in [1.54, 1.807) is 0 Å². The van der Waals surface area contributed by atoms with Crippen LogP contribution in [0.1, 0.15) is 5.56 Å². The van der Waals surface area contributed by atoms with Crippen LogP contribution in [0.5, 0.6) is 17.2 Å². The lowest BCUT2D eigenvalue weighted by molar-refractivity contribution is 0.381. The van der Waals surface area contributed by atoms with Gasteiger partial charge in [-0.05, 0) is 0 Å². The summed E-state index contributed by atoms with van der Waals surface area (Å²) in [5.41, 5.74) is 5.85. The van der Waals surface area contributed by atoms with Crippen LogP contribution in [0.25, 0.3) is 0 Å². The first-order valence-electron chi connectivity index (χ1n) is 5.65.